The summed E-state index contributed by atoms with van der Waals surface area (Å²) in [6.07, 6.45) is 0. The van der Waals surface area contributed by atoms with Crippen molar-refractivity contribution < 1.29 is 14.3 Å². The minimum Gasteiger partial charge on any atom is -0.478 e. The largest absolute Gasteiger partial charge is 0.478 e. The zero-order valence-electron chi connectivity index (χ0n) is 7.40. The van der Waals surface area contributed by atoms with E-state index in [1.807, 2.05) is 0 Å². The first-order valence-corrected chi connectivity index (χ1v) is 4.19. The van der Waals surface area contributed by atoms with Gasteiger partial charge in [0.25, 0.3) is 5.24 Å². The standard InChI is InChI=1S/C9H8FNO2S/c1-11(9(10)14)7-4-2-6(3-5-7)8(12)13/h2-5H,1H3,(H,12,13). The molecule has 0 heterocycles. The van der Waals surface area contributed by atoms with Crippen LogP contribution in [0.25, 0.3) is 0 Å². The van der Waals surface area contributed by atoms with Gasteiger partial charge in [0.05, 0.1) is 5.56 Å². The molecular weight excluding hydrogens is 205 g/mol. The van der Waals surface area contributed by atoms with Crippen LogP contribution in [0.4, 0.5) is 10.1 Å². The van der Waals surface area contributed by atoms with Crippen LogP contribution in [0.2, 0.25) is 0 Å². The number of carbonyl (C=O) groups is 1. The lowest BCUT2D eigenvalue weighted by molar-refractivity contribution is 0.0697. The Bertz CT molecular complexity index is 364. The Balaban J connectivity index is 2.94. The van der Waals surface area contributed by atoms with Crippen LogP contribution in [0.3, 0.4) is 0 Å². The number of rotatable bonds is 2. The summed E-state index contributed by atoms with van der Waals surface area (Å²) in [7, 11) is 1.47. The zero-order chi connectivity index (χ0) is 10.7. The molecule has 1 rings (SSSR count). The molecule has 0 bridgehead atoms. The van der Waals surface area contributed by atoms with Gasteiger partial charge in [-0.15, -0.1) is 0 Å². The fourth-order valence-corrected chi connectivity index (χ4v) is 1.03. The van der Waals surface area contributed by atoms with E-state index in [9.17, 15) is 9.18 Å². The molecule has 0 atom stereocenters. The Hall–Kier alpha value is -1.49. The molecule has 74 valence electrons. The summed E-state index contributed by atoms with van der Waals surface area (Å²) in [5.74, 6) is -1.01. The predicted octanol–water partition coefficient (Wildman–Crippen LogP) is 2.08. The second kappa shape index (κ2) is 4.15. The van der Waals surface area contributed by atoms with Gasteiger partial charge < -0.3 is 10.0 Å². The van der Waals surface area contributed by atoms with Gasteiger partial charge >= 0.3 is 5.97 Å². The fraction of sp³-hybridized carbons (Fsp3) is 0.111. The number of nitrogens with zero attached hydrogens (tertiary/aromatic N) is 1. The number of anilines is 1. The van der Waals surface area contributed by atoms with Gasteiger partial charge in [-0.2, -0.15) is 4.39 Å². The molecule has 1 aromatic rings. The number of halogens is 1. The second-order valence-electron chi connectivity index (χ2n) is 2.66. The van der Waals surface area contributed by atoms with Gasteiger partial charge in [0.1, 0.15) is 0 Å². The van der Waals surface area contributed by atoms with Crippen molar-refractivity contribution in [2.24, 2.45) is 0 Å². The molecule has 1 aromatic carbocycles. The first-order chi connectivity index (χ1) is 6.52. The van der Waals surface area contributed by atoms with Crippen molar-refractivity contribution in [1.82, 2.24) is 0 Å². The summed E-state index contributed by atoms with van der Waals surface area (Å²) in [5.41, 5.74) is 0.675. The van der Waals surface area contributed by atoms with Crippen molar-refractivity contribution in [2.75, 3.05) is 11.9 Å². The zero-order valence-corrected chi connectivity index (χ0v) is 8.21. The van der Waals surface area contributed by atoms with E-state index in [1.54, 1.807) is 0 Å². The molecule has 5 heteroatoms. The minimum absolute atomic E-state index is 0.159. The summed E-state index contributed by atoms with van der Waals surface area (Å²) < 4.78 is 12.6. The van der Waals surface area contributed by atoms with E-state index < -0.39 is 11.2 Å². The van der Waals surface area contributed by atoms with Crippen molar-refractivity contribution in [3.63, 3.8) is 0 Å². The lowest BCUT2D eigenvalue weighted by atomic mass is 10.2. The van der Waals surface area contributed by atoms with Gasteiger partial charge in [-0.1, -0.05) is 0 Å². The number of carboxylic acid groups (broad SMARTS) is 1. The molecule has 0 fully saturated rings. The number of thiocarbonyl (C=S) groups is 1. The molecule has 0 amide bonds. The van der Waals surface area contributed by atoms with E-state index in [0.29, 0.717) is 5.69 Å². The van der Waals surface area contributed by atoms with Crippen molar-refractivity contribution >= 4 is 29.1 Å². The molecule has 0 radical (unpaired) electrons. The molecule has 14 heavy (non-hydrogen) atoms. The number of aromatic carboxylic acids is 1. The molecule has 0 aliphatic heterocycles. The lowest BCUT2D eigenvalue weighted by Gasteiger charge is -2.14. The van der Waals surface area contributed by atoms with Crippen LogP contribution in [-0.2, 0) is 0 Å². The molecular formula is C9H8FNO2S. The Morgan fingerprint density at radius 2 is 1.93 bits per heavy atom. The van der Waals surface area contributed by atoms with Crippen LogP contribution in [0.1, 0.15) is 10.4 Å². The summed E-state index contributed by atoms with van der Waals surface area (Å²) in [6, 6.07) is 5.78. The maximum absolute atomic E-state index is 12.6. The van der Waals surface area contributed by atoms with E-state index in [1.165, 1.54) is 31.3 Å². The van der Waals surface area contributed by atoms with Gasteiger partial charge in [-0.05, 0) is 36.5 Å². The Kier molecular flexibility index (Phi) is 3.14. The highest BCUT2D eigenvalue weighted by atomic mass is 32.1. The summed E-state index contributed by atoms with van der Waals surface area (Å²) in [6.45, 7) is 0. The van der Waals surface area contributed by atoms with Gasteiger partial charge in [0.15, 0.2) is 0 Å². The third-order valence-electron chi connectivity index (χ3n) is 1.77. The van der Waals surface area contributed by atoms with Crippen molar-refractivity contribution in [3.05, 3.63) is 29.8 Å². The monoisotopic (exact) mass is 213 g/mol. The van der Waals surface area contributed by atoms with Crippen molar-refractivity contribution in [3.8, 4) is 0 Å². The van der Waals surface area contributed by atoms with Crippen LogP contribution in [0, 0.1) is 0 Å². The van der Waals surface area contributed by atoms with Crippen LogP contribution >= 0.6 is 12.2 Å². The molecule has 0 saturated heterocycles. The Morgan fingerprint density at radius 1 is 1.43 bits per heavy atom. The number of hydrogen-bond donors (Lipinski definition) is 1. The third kappa shape index (κ3) is 2.26. The number of benzene rings is 1. The maximum atomic E-state index is 12.6. The topological polar surface area (TPSA) is 40.5 Å². The molecule has 0 saturated carbocycles. The molecule has 0 aliphatic rings. The van der Waals surface area contributed by atoms with Gasteiger partial charge in [0, 0.05) is 12.7 Å². The van der Waals surface area contributed by atoms with E-state index in [4.69, 9.17) is 5.11 Å². The first kappa shape index (κ1) is 10.6. The predicted molar refractivity (Wildman–Crippen MR) is 55.5 cm³/mol. The highest BCUT2D eigenvalue weighted by molar-refractivity contribution is 7.80. The quantitative estimate of drug-likeness (QED) is 0.464. The fourth-order valence-electron chi connectivity index (χ4n) is 0.929. The van der Waals surface area contributed by atoms with Crippen LogP contribution < -0.4 is 4.90 Å². The Morgan fingerprint density at radius 3 is 2.29 bits per heavy atom. The van der Waals surface area contributed by atoms with Crippen molar-refractivity contribution in [1.29, 1.82) is 0 Å². The van der Waals surface area contributed by atoms with E-state index >= 15 is 0 Å². The molecule has 3 nitrogen and oxygen atoms in total. The van der Waals surface area contributed by atoms with E-state index in [2.05, 4.69) is 12.2 Å². The smallest absolute Gasteiger partial charge is 0.335 e. The average molecular weight is 213 g/mol. The molecule has 0 unspecified atom stereocenters. The average Bonchev–Trinajstić information content (AvgIpc) is 2.16. The molecule has 1 N–H and O–H groups in total. The highest BCUT2D eigenvalue weighted by Gasteiger charge is 2.07. The number of carboxylic acids is 1. The first-order valence-electron chi connectivity index (χ1n) is 3.79. The summed E-state index contributed by atoms with van der Waals surface area (Å²) in [4.78, 5) is 11.7. The summed E-state index contributed by atoms with van der Waals surface area (Å²) in [5, 5.41) is 7.85. The second-order valence-corrected chi connectivity index (χ2v) is 3.00. The van der Waals surface area contributed by atoms with Gasteiger partial charge in [0.2, 0.25) is 0 Å². The number of hydrogen-bond acceptors (Lipinski definition) is 2. The van der Waals surface area contributed by atoms with Gasteiger partial charge in [-0.3, -0.25) is 0 Å². The normalized spacial score (nSPS) is 9.57. The van der Waals surface area contributed by atoms with E-state index in [-0.39, 0.29) is 5.56 Å². The lowest BCUT2D eigenvalue weighted by Crippen LogP contribution is -2.19. The third-order valence-corrected chi connectivity index (χ3v) is 2.04. The molecule has 0 spiro atoms. The highest BCUT2D eigenvalue weighted by Crippen LogP contribution is 2.14. The maximum Gasteiger partial charge on any atom is 0.335 e. The Labute approximate surface area is 85.8 Å². The SMILES string of the molecule is CN(C(F)=S)c1ccc(C(=O)O)cc1. The summed E-state index contributed by atoms with van der Waals surface area (Å²) >= 11 is 4.33. The molecule has 0 aliphatic carbocycles. The van der Waals surface area contributed by atoms with Crippen LogP contribution in [0.15, 0.2) is 24.3 Å². The minimum atomic E-state index is -1.01. The van der Waals surface area contributed by atoms with E-state index in [0.717, 1.165) is 4.90 Å². The van der Waals surface area contributed by atoms with Crippen molar-refractivity contribution in [2.45, 2.75) is 0 Å². The van der Waals surface area contributed by atoms with Crippen LogP contribution in [0.5, 0.6) is 0 Å². The van der Waals surface area contributed by atoms with Crippen LogP contribution in [-0.4, -0.2) is 23.4 Å². The molecule has 0 aromatic heterocycles. The van der Waals surface area contributed by atoms with Gasteiger partial charge in [-0.25, -0.2) is 4.79 Å².